The van der Waals surface area contributed by atoms with Crippen molar-refractivity contribution in [1.82, 2.24) is 10.3 Å². The molecular formula is C18H24N2O. The lowest BCUT2D eigenvalue weighted by atomic mass is 9.70. The highest BCUT2D eigenvalue weighted by molar-refractivity contribution is 5.34. The van der Waals surface area contributed by atoms with Gasteiger partial charge < -0.3 is 4.42 Å². The van der Waals surface area contributed by atoms with Crippen molar-refractivity contribution in [1.29, 1.82) is 0 Å². The van der Waals surface area contributed by atoms with Gasteiger partial charge in [-0.3, -0.25) is 5.32 Å². The van der Waals surface area contributed by atoms with Crippen LogP contribution in [0.2, 0.25) is 0 Å². The van der Waals surface area contributed by atoms with E-state index in [1.165, 1.54) is 17.5 Å². The lowest BCUT2D eigenvalue weighted by molar-refractivity contribution is 0.189. The summed E-state index contributed by atoms with van der Waals surface area (Å²) in [4.78, 5) is 4.36. The molecule has 2 aromatic rings. The van der Waals surface area contributed by atoms with Crippen LogP contribution in [-0.4, -0.2) is 4.98 Å². The molecule has 0 radical (unpaired) electrons. The zero-order chi connectivity index (χ0) is 15.0. The van der Waals surface area contributed by atoms with E-state index in [0.717, 1.165) is 18.1 Å². The quantitative estimate of drug-likeness (QED) is 0.910. The Hall–Kier alpha value is -1.61. The van der Waals surface area contributed by atoms with Crippen LogP contribution in [0.3, 0.4) is 0 Å². The van der Waals surface area contributed by atoms with Crippen LogP contribution >= 0.6 is 0 Å². The van der Waals surface area contributed by atoms with Crippen LogP contribution in [0.4, 0.5) is 0 Å². The first-order chi connectivity index (χ1) is 9.97. The fraction of sp³-hybridized carbons (Fsp3) is 0.500. The van der Waals surface area contributed by atoms with E-state index in [1.807, 2.05) is 6.92 Å². The fourth-order valence-corrected chi connectivity index (χ4v) is 3.27. The van der Waals surface area contributed by atoms with Crippen molar-refractivity contribution in [3.05, 3.63) is 53.2 Å². The summed E-state index contributed by atoms with van der Waals surface area (Å²) < 4.78 is 5.67. The molecular weight excluding hydrogens is 260 g/mol. The van der Waals surface area contributed by atoms with E-state index in [2.05, 4.69) is 55.3 Å². The molecule has 2 unspecified atom stereocenters. The Kier molecular flexibility index (Phi) is 3.62. The molecule has 1 aromatic carbocycles. The Morgan fingerprint density at radius 1 is 1.33 bits per heavy atom. The van der Waals surface area contributed by atoms with E-state index in [-0.39, 0.29) is 11.5 Å². The minimum Gasteiger partial charge on any atom is -0.444 e. The number of benzene rings is 1. The molecule has 3 nitrogen and oxygen atoms in total. The molecule has 21 heavy (non-hydrogen) atoms. The maximum atomic E-state index is 5.67. The van der Waals surface area contributed by atoms with Gasteiger partial charge in [-0.2, -0.15) is 0 Å². The summed E-state index contributed by atoms with van der Waals surface area (Å²) in [6.45, 7) is 8.74. The second-order valence-electron chi connectivity index (χ2n) is 6.82. The van der Waals surface area contributed by atoms with Crippen molar-refractivity contribution in [2.24, 2.45) is 5.41 Å². The Morgan fingerprint density at radius 2 is 2.10 bits per heavy atom. The number of nitrogens with one attached hydrogen (secondary N) is 1. The van der Waals surface area contributed by atoms with E-state index < -0.39 is 0 Å². The molecule has 0 fully saturated rings. The first-order valence-electron chi connectivity index (χ1n) is 7.73. The topological polar surface area (TPSA) is 38.1 Å². The number of fused-ring (bicyclic) bond motifs is 1. The van der Waals surface area contributed by atoms with Crippen LogP contribution in [0.5, 0.6) is 0 Å². The SMILES string of the molecule is Cc1cnc(C(C)NC2c3ccccc3CCC2(C)C)o1. The lowest BCUT2D eigenvalue weighted by Gasteiger charge is -2.41. The summed E-state index contributed by atoms with van der Waals surface area (Å²) in [5, 5.41) is 3.74. The van der Waals surface area contributed by atoms with Crippen LogP contribution < -0.4 is 5.32 Å². The first-order valence-corrected chi connectivity index (χ1v) is 7.73. The monoisotopic (exact) mass is 284 g/mol. The van der Waals surface area contributed by atoms with Gasteiger partial charge in [0, 0.05) is 6.04 Å². The molecule has 1 N–H and O–H groups in total. The number of aromatic nitrogens is 1. The Labute approximate surface area is 126 Å². The van der Waals surface area contributed by atoms with Gasteiger partial charge in [-0.1, -0.05) is 38.1 Å². The van der Waals surface area contributed by atoms with Gasteiger partial charge >= 0.3 is 0 Å². The Morgan fingerprint density at radius 3 is 2.81 bits per heavy atom. The molecule has 1 aliphatic carbocycles. The predicted molar refractivity (Wildman–Crippen MR) is 84.1 cm³/mol. The number of rotatable bonds is 3. The third-order valence-electron chi connectivity index (χ3n) is 4.61. The summed E-state index contributed by atoms with van der Waals surface area (Å²) in [5.41, 5.74) is 3.11. The number of oxazole rings is 1. The minimum atomic E-state index is 0.106. The van der Waals surface area contributed by atoms with Crippen LogP contribution in [0, 0.1) is 12.3 Å². The summed E-state index contributed by atoms with van der Waals surface area (Å²) in [7, 11) is 0. The van der Waals surface area contributed by atoms with Gasteiger partial charge in [0.05, 0.1) is 12.2 Å². The van der Waals surface area contributed by atoms with E-state index in [0.29, 0.717) is 6.04 Å². The highest BCUT2D eigenvalue weighted by Gasteiger charge is 2.36. The van der Waals surface area contributed by atoms with E-state index in [4.69, 9.17) is 4.42 Å². The zero-order valence-corrected chi connectivity index (χ0v) is 13.3. The van der Waals surface area contributed by atoms with Crippen LogP contribution in [0.25, 0.3) is 0 Å². The predicted octanol–water partition coefficient (Wildman–Crippen LogP) is 4.35. The van der Waals surface area contributed by atoms with Crippen LogP contribution in [-0.2, 0) is 6.42 Å². The molecule has 112 valence electrons. The highest BCUT2D eigenvalue weighted by atomic mass is 16.4. The van der Waals surface area contributed by atoms with Crippen molar-refractivity contribution in [3.8, 4) is 0 Å². The third kappa shape index (κ3) is 2.75. The maximum Gasteiger partial charge on any atom is 0.211 e. The largest absolute Gasteiger partial charge is 0.444 e. The number of nitrogens with zero attached hydrogens (tertiary/aromatic N) is 1. The molecule has 0 spiro atoms. The number of hydrogen-bond donors (Lipinski definition) is 1. The average molecular weight is 284 g/mol. The Bertz CT molecular complexity index is 630. The second kappa shape index (κ2) is 5.30. The number of aryl methyl sites for hydroxylation is 2. The summed E-state index contributed by atoms with van der Waals surface area (Å²) in [5.74, 6) is 1.63. The van der Waals surface area contributed by atoms with E-state index in [9.17, 15) is 0 Å². The molecule has 2 atom stereocenters. The van der Waals surface area contributed by atoms with E-state index >= 15 is 0 Å². The molecule has 1 aliphatic rings. The van der Waals surface area contributed by atoms with Gasteiger partial charge in [0.2, 0.25) is 5.89 Å². The minimum absolute atomic E-state index is 0.106. The Balaban J connectivity index is 1.89. The second-order valence-corrected chi connectivity index (χ2v) is 6.82. The smallest absolute Gasteiger partial charge is 0.211 e. The lowest BCUT2D eigenvalue weighted by Crippen LogP contribution is -2.39. The normalized spacial score (nSPS) is 21.8. The van der Waals surface area contributed by atoms with Crippen molar-refractivity contribution in [2.75, 3.05) is 0 Å². The summed E-state index contributed by atoms with van der Waals surface area (Å²) >= 11 is 0. The standard InChI is InChI=1S/C18H24N2O/c1-12-11-19-17(21-12)13(2)20-16-15-8-6-5-7-14(15)9-10-18(16,3)4/h5-8,11,13,16,20H,9-10H2,1-4H3. The van der Waals surface area contributed by atoms with Gasteiger partial charge in [0.15, 0.2) is 0 Å². The van der Waals surface area contributed by atoms with Gasteiger partial charge in [-0.25, -0.2) is 4.98 Å². The highest BCUT2D eigenvalue weighted by Crippen LogP contribution is 2.44. The summed E-state index contributed by atoms with van der Waals surface area (Å²) in [6, 6.07) is 9.20. The van der Waals surface area contributed by atoms with Crippen molar-refractivity contribution >= 4 is 0 Å². The summed E-state index contributed by atoms with van der Waals surface area (Å²) in [6.07, 6.45) is 4.14. The van der Waals surface area contributed by atoms with Gasteiger partial charge in [0.1, 0.15) is 5.76 Å². The molecule has 0 amide bonds. The molecule has 0 aliphatic heterocycles. The zero-order valence-electron chi connectivity index (χ0n) is 13.3. The van der Waals surface area contributed by atoms with Gasteiger partial charge in [0.25, 0.3) is 0 Å². The number of hydrogen-bond acceptors (Lipinski definition) is 3. The molecule has 3 heteroatoms. The van der Waals surface area contributed by atoms with Crippen LogP contribution in [0.15, 0.2) is 34.9 Å². The molecule has 0 saturated heterocycles. The van der Waals surface area contributed by atoms with Crippen molar-refractivity contribution in [3.63, 3.8) is 0 Å². The van der Waals surface area contributed by atoms with Crippen LogP contribution in [0.1, 0.15) is 62.1 Å². The van der Waals surface area contributed by atoms with Crippen molar-refractivity contribution in [2.45, 2.75) is 52.6 Å². The van der Waals surface area contributed by atoms with E-state index in [1.54, 1.807) is 6.20 Å². The fourth-order valence-electron chi connectivity index (χ4n) is 3.27. The molecule has 1 aromatic heterocycles. The molecule has 1 heterocycles. The maximum absolute atomic E-state index is 5.67. The molecule has 0 saturated carbocycles. The third-order valence-corrected chi connectivity index (χ3v) is 4.61. The van der Waals surface area contributed by atoms with Gasteiger partial charge in [-0.15, -0.1) is 0 Å². The molecule has 3 rings (SSSR count). The average Bonchev–Trinajstić information content (AvgIpc) is 2.89. The molecule has 0 bridgehead atoms. The first kappa shape index (κ1) is 14.3. The van der Waals surface area contributed by atoms with Gasteiger partial charge in [-0.05, 0) is 43.2 Å². The van der Waals surface area contributed by atoms with Crippen molar-refractivity contribution < 1.29 is 4.42 Å².